The number of imidazole rings is 1. The summed E-state index contributed by atoms with van der Waals surface area (Å²) in [5.41, 5.74) is 1.34. The number of ether oxygens (including phenoxy) is 1. The van der Waals surface area contributed by atoms with Crippen molar-refractivity contribution >= 4 is 30.8 Å². The zero-order chi connectivity index (χ0) is 9.26. The fourth-order valence-corrected chi connectivity index (χ4v) is 1.46. The highest BCUT2D eigenvalue weighted by atomic mass is 35.5. The Labute approximate surface area is 100 Å². The summed E-state index contributed by atoms with van der Waals surface area (Å²) in [7, 11) is 1.37. The Morgan fingerprint density at radius 3 is 3.00 bits per heavy atom. The van der Waals surface area contributed by atoms with E-state index in [1.54, 1.807) is 6.33 Å². The molecule has 1 N–H and O–H groups in total. The molecular formula is C8H13Cl2N3O2. The van der Waals surface area contributed by atoms with Gasteiger partial charge in [-0.2, -0.15) is 0 Å². The molecule has 0 saturated heterocycles. The van der Waals surface area contributed by atoms with Crippen LogP contribution in [0.1, 0.15) is 16.2 Å². The van der Waals surface area contributed by atoms with Crippen LogP contribution in [0.4, 0.5) is 0 Å². The fourth-order valence-electron chi connectivity index (χ4n) is 1.46. The largest absolute Gasteiger partial charge is 0.464 e. The first-order chi connectivity index (χ1) is 6.33. The smallest absolute Gasteiger partial charge is 0.358 e. The summed E-state index contributed by atoms with van der Waals surface area (Å²) in [5.74, 6) is -0.363. The third-order valence-electron chi connectivity index (χ3n) is 2.15. The molecule has 0 aromatic carbocycles. The predicted molar refractivity (Wildman–Crippen MR) is 59.8 cm³/mol. The van der Waals surface area contributed by atoms with Gasteiger partial charge in [-0.3, -0.25) is 0 Å². The maximum atomic E-state index is 11.2. The number of carbonyl (C=O) groups is 1. The SMILES string of the molecule is COC(=O)c1ncn2c1CNCC2.Cl.Cl. The zero-order valence-electron chi connectivity index (χ0n) is 8.23. The van der Waals surface area contributed by atoms with Crippen LogP contribution in [0.3, 0.4) is 0 Å². The summed E-state index contributed by atoms with van der Waals surface area (Å²) in [5, 5.41) is 3.18. The lowest BCUT2D eigenvalue weighted by molar-refractivity contribution is 0.0592. The molecule has 0 aliphatic carbocycles. The molecule has 0 bridgehead atoms. The molecule has 0 atom stereocenters. The van der Waals surface area contributed by atoms with Gasteiger partial charge in [-0.1, -0.05) is 0 Å². The second-order valence-electron chi connectivity index (χ2n) is 2.90. The maximum Gasteiger partial charge on any atom is 0.358 e. The highest BCUT2D eigenvalue weighted by molar-refractivity contribution is 5.88. The second kappa shape index (κ2) is 5.95. The van der Waals surface area contributed by atoms with Crippen molar-refractivity contribution in [3.05, 3.63) is 17.7 Å². The molecule has 2 heterocycles. The van der Waals surface area contributed by atoms with Gasteiger partial charge in [-0.05, 0) is 0 Å². The van der Waals surface area contributed by atoms with E-state index in [1.807, 2.05) is 4.57 Å². The molecule has 1 aliphatic rings. The Balaban J connectivity index is 0.000000980. The van der Waals surface area contributed by atoms with Crippen molar-refractivity contribution < 1.29 is 9.53 Å². The van der Waals surface area contributed by atoms with Gasteiger partial charge in [0.1, 0.15) is 0 Å². The van der Waals surface area contributed by atoms with E-state index in [4.69, 9.17) is 0 Å². The average molecular weight is 254 g/mol. The van der Waals surface area contributed by atoms with Gasteiger partial charge in [0, 0.05) is 19.6 Å². The van der Waals surface area contributed by atoms with E-state index in [0.29, 0.717) is 12.2 Å². The number of rotatable bonds is 1. The van der Waals surface area contributed by atoms with Gasteiger partial charge in [-0.15, -0.1) is 24.8 Å². The molecule has 5 nitrogen and oxygen atoms in total. The van der Waals surface area contributed by atoms with E-state index in [1.165, 1.54) is 7.11 Å². The summed E-state index contributed by atoms with van der Waals surface area (Å²) >= 11 is 0. The minimum absolute atomic E-state index is 0. The van der Waals surface area contributed by atoms with E-state index >= 15 is 0 Å². The quantitative estimate of drug-likeness (QED) is 0.746. The molecule has 1 aromatic heterocycles. The molecule has 0 radical (unpaired) electrons. The fraction of sp³-hybridized carbons (Fsp3) is 0.500. The first-order valence-electron chi connectivity index (χ1n) is 4.16. The van der Waals surface area contributed by atoms with Crippen molar-refractivity contribution in [2.75, 3.05) is 13.7 Å². The summed E-state index contributed by atoms with van der Waals surface area (Å²) in [6, 6.07) is 0. The van der Waals surface area contributed by atoms with Gasteiger partial charge in [-0.25, -0.2) is 9.78 Å². The van der Waals surface area contributed by atoms with Crippen molar-refractivity contribution in [2.45, 2.75) is 13.1 Å². The first kappa shape index (κ1) is 14.2. The maximum absolute atomic E-state index is 11.2. The van der Waals surface area contributed by atoms with Gasteiger partial charge in [0.25, 0.3) is 0 Å². The number of fused-ring (bicyclic) bond motifs is 1. The number of hydrogen-bond acceptors (Lipinski definition) is 4. The summed E-state index contributed by atoms with van der Waals surface area (Å²) in [4.78, 5) is 15.2. The number of esters is 1. The second-order valence-corrected chi connectivity index (χ2v) is 2.90. The Hall–Kier alpha value is -0.780. The molecule has 86 valence electrons. The Morgan fingerprint density at radius 1 is 1.60 bits per heavy atom. The van der Waals surface area contributed by atoms with Gasteiger partial charge in [0.05, 0.1) is 19.1 Å². The molecule has 0 unspecified atom stereocenters. The molecule has 2 rings (SSSR count). The summed E-state index contributed by atoms with van der Waals surface area (Å²) in [6.45, 7) is 2.47. The standard InChI is InChI=1S/C8H11N3O2.2ClH/c1-13-8(12)7-6-4-9-2-3-11(6)5-10-7;;/h5,9H,2-4H2,1H3;2*1H. The van der Waals surface area contributed by atoms with Crippen molar-refractivity contribution in [3.8, 4) is 0 Å². The Bertz CT molecular complexity index is 341. The Kier molecular flexibility index (Phi) is 5.64. The van der Waals surface area contributed by atoms with E-state index in [0.717, 1.165) is 18.8 Å². The van der Waals surface area contributed by atoms with Crippen molar-refractivity contribution in [2.24, 2.45) is 0 Å². The molecule has 0 saturated carbocycles. The van der Waals surface area contributed by atoms with Crippen LogP contribution in [0.25, 0.3) is 0 Å². The number of carbonyl (C=O) groups excluding carboxylic acids is 1. The number of halogens is 2. The van der Waals surface area contributed by atoms with E-state index in [9.17, 15) is 4.79 Å². The van der Waals surface area contributed by atoms with E-state index in [-0.39, 0.29) is 30.8 Å². The third kappa shape index (κ3) is 2.62. The van der Waals surface area contributed by atoms with Crippen molar-refractivity contribution in [1.29, 1.82) is 0 Å². The summed E-state index contributed by atoms with van der Waals surface area (Å²) < 4.78 is 6.59. The highest BCUT2D eigenvalue weighted by Crippen LogP contribution is 2.11. The molecule has 0 spiro atoms. The summed E-state index contributed by atoms with van der Waals surface area (Å²) in [6.07, 6.45) is 1.68. The number of nitrogens with one attached hydrogen (secondary N) is 1. The number of aromatic nitrogens is 2. The van der Waals surface area contributed by atoms with Crippen LogP contribution in [0.5, 0.6) is 0 Å². The van der Waals surface area contributed by atoms with Gasteiger partial charge in [0.2, 0.25) is 0 Å². The van der Waals surface area contributed by atoms with Crippen LogP contribution < -0.4 is 5.32 Å². The van der Waals surface area contributed by atoms with Crippen LogP contribution in [0.2, 0.25) is 0 Å². The van der Waals surface area contributed by atoms with Crippen LogP contribution in [-0.2, 0) is 17.8 Å². The van der Waals surface area contributed by atoms with Crippen LogP contribution in [0.15, 0.2) is 6.33 Å². The lowest BCUT2D eigenvalue weighted by Crippen LogP contribution is -2.28. The molecule has 15 heavy (non-hydrogen) atoms. The predicted octanol–water partition coefficient (Wildman–Crippen LogP) is 0.616. The van der Waals surface area contributed by atoms with Gasteiger partial charge in [0.15, 0.2) is 5.69 Å². The van der Waals surface area contributed by atoms with E-state index in [2.05, 4.69) is 15.0 Å². The normalized spacial score (nSPS) is 13.1. The molecule has 7 heteroatoms. The third-order valence-corrected chi connectivity index (χ3v) is 2.15. The van der Waals surface area contributed by atoms with Crippen LogP contribution >= 0.6 is 24.8 Å². The van der Waals surface area contributed by atoms with Crippen LogP contribution in [-0.4, -0.2) is 29.2 Å². The number of nitrogens with zero attached hydrogens (tertiary/aromatic N) is 2. The molecule has 0 amide bonds. The monoisotopic (exact) mass is 253 g/mol. The number of methoxy groups -OCH3 is 1. The number of hydrogen-bond donors (Lipinski definition) is 1. The molecule has 1 aliphatic heterocycles. The first-order valence-corrected chi connectivity index (χ1v) is 4.16. The van der Waals surface area contributed by atoms with Crippen molar-refractivity contribution in [3.63, 3.8) is 0 Å². The molecular weight excluding hydrogens is 241 g/mol. The van der Waals surface area contributed by atoms with Crippen molar-refractivity contribution in [1.82, 2.24) is 14.9 Å². The zero-order valence-corrected chi connectivity index (χ0v) is 9.86. The lowest BCUT2D eigenvalue weighted by atomic mass is 10.3. The average Bonchev–Trinajstić information content (AvgIpc) is 2.60. The molecule has 0 fully saturated rings. The highest BCUT2D eigenvalue weighted by Gasteiger charge is 2.19. The van der Waals surface area contributed by atoms with Gasteiger partial charge >= 0.3 is 5.97 Å². The van der Waals surface area contributed by atoms with Gasteiger partial charge < -0.3 is 14.6 Å². The van der Waals surface area contributed by atoms with E-state index < -0.39 is 0 Å². The molecule has 1 aromatic rings. The minimum Gasteiger partial charge on any atom is -0.464 e. The Morgan fingerprint density at radius 2 is 2.33 bits per heavy atom. The minimum atomic E-state index is -0.363. The lowest BCUT2D eigenvalue weighted by Gasteiger charge is -2.15. The topological polar surface area (TPSA) is 56.1 Å². The van der Waals surface area contributed by atoms with Crippen LogP contribution in [0, 0.1) is 0 Å².